The second-order valence-corrected chi connectivity index (χ2v) is 4.78. The van der Waals surface area contributed by atoms with Crippen molar-refractivity contribution in [2.75, 3.05) is 18.1 Å². The molecule has 0 saturated carbocycles. The van der Waals surface area contributed by atoms with Gasteiger partial charge in [-0.1, -0.05) is 0 Å². The van der Waals surface area contributed by atoms with Crippen molar-refractivity contribution >= 4 is 11.8 Å². The zero-order valence-corrected chi connectivity index (χ0v) is 8.70. The van der Waals surface area contributed by atoms with E-state index in [0.29, 0.717) is 6.04 Å². The van der Waals surface area contributed by atoms with Crippen LogP contribution in [-0.2, 0) is 0 Å². The highest BCUT2D eigenvalue weighted by Gasteiger charge is 2.12. The van der Waals surface area contributed by atoms with Gasteiger partial charge in [0, 0.05) is 17.8 Å². The average Bonchev–Trinajstić information content (AvgIpc) is 2.49. The summed E-state index contributed by atoms with van der Waals surface area (Å²) in [6, 6.07) is 1.15. The van der Waals surface area contributed by atoms with Crippen molar-refractivity contribution in [3.8, 4) is 0 Å². The number of nitrogens with two attached hydrogens (primary N) is 1. The lowest BCUT2D eigenvalue weighted by molar-refractivity contribution is 0.671. The molecule has 0 aromatic carbocycles. The first kappa shape index (κ1) is 10.4. The summed E-state index contributed by atoms with van der Waals surface area (Å²) in [4.78, 5) is 0. The van der Waals surface area contributed by atoms with Gasteiger partial charge in [-0.3, -0.25) is 0 Å². The number of hydrogen-bond donors (Lipinski definition) is 2. The molecule has 1 aliphatic heterocycles. The first-order valence-electron chi connectivity index (χ1n) is 4.86. The van der Waals surface area contributed by atoms with E-state index in [1.807, 2.05) is 11.8 Å². The molecule has 0 aliphatic carbocycles. The van der Waals surface area contributed by atoms with Crippen LogP contribution < -0.4 is 11.1 Å². The maximum absolute atomic E-state index is 5.66. The third-order valence-corrected chi connectivity index (χ3v) is 3.36. The molecule has 1 rings (SSSR count). The molecule has 0 aromatic heterocycles. The molecule has 0 bridgehead atoms. The Balaban J connectivity index is 1.88. The minimum atomic E-state index is 0.369. The molecule has 12 heavy (non-hydrogen) atoms. The number of rotatable bonds is 5. The maximum atomic E-state index is 5.66. The van der Waals surface area contributed by atoms with Crippen LogP contribution >= 0.6 is 11.8 Å². The highest BCUT2D eigenvalue weighted by atomic mass is 32.2. The van der Waals surface area contributed by atoms with E-state index in [0.717, 1.165) is 12.5 Å². The Hall–Kier alpha value is 0.270. The fourth-order valence-electron chi connectivity index (χ4n) is 1.39. The molecule has 0 aromatic rings. The fraction of sp³-hybridized carbons (Fsp3) is 1.00. The monoisotopic (exact) mass is 188 g/mol. The molecule has 0 spiro atoms. The highest BCUT2D eigenvalue weighted by molar-refractivity contribution is 7.99. The molecule has 1 saturated heterocycles. The van der Waals surface area contributed by atoms with Gasteiger partial charge in [-0.25, -0.2) is 0 Å². The van der Waals surface area contributed by atoms with Crippen molar-refractivity contribution in [2.45, 2.75) is 38.3 Å². The number of thioether (sulfide) groups is 1. The fourth-order valence-corrected chi connectivity index (χ4v) is 2.67. The van der Waals surface area contributed by atoms with Gasteiger partial charge < -0.3 is 11.1 Å². The molecule has 72 valence electrons. The Bertz CT molecular complexity index is 111. The van der Waals surface area contributed by atoms with Crippen molar-refractivity contribution in [1.82, 2.24) is 5.32 Å². The third kappa shape index (κ3) is 4.33. The summed E-state index contributed by atoms with van der Waals surface area (Å²) in [6.07, 6.45) is 3.88. The minimum Gasteiger partial charge on any atom is -0.328 e. The second kappa shape index (κ2) is 5.84. The van der Waals surface area contributed by atoms with E-state index in [1.165, 1.54) is 30.9 Å². The SMILES string of the molecule is CC(N)CCSCC1CCCN1. The van der Waals surface area contributed by atoms with Gasteiger partial charge in [0.2, 0.25) is 0 Å². The molecular weight excluding hydrogens is 168 g/mol. The van der Waals surface area contributed by atoms with E-state index in [4.69, 9.17) is 5.73 Å². The Kier molecular flexibility index (Phi) is 5.04. The van der Waals surface area contributed by atoms with Gasteiger partial charge in [-0.2, -0.15) is 11.8 Å². The van der Waals surface area contributed by atoms with E-state index < -0.39 is 0 Å². The smallest absolute Gasteiger partial charge is 0.0158 e. The summed E-state index contributed by atoms with van der Waals surface area (Å²) < 4.78 is 0. The van der Waals surface area contributed by atoms with E-state index in [9.17, 15) is 0 Å². The molecule has 2 unspecified atom stereocenters. The van der Waals surface area contributed by atoms with E-state index in [1.54, 1.807) is 0 Å². The van der Waals surface area contributed by atoms with Crippen LogP contribution in [0.4, 0.5) is 0 Å². The van der Waals surface area contributed by atoms with Crippen LogP contribution in [0.3, 0.4) is 0 Å². The lowest BCUT2D eigenvalue weighted by atomic mass is 10.3. The maximum Gasteiger partial charge on any atom is 0.0158 e. The molecular formula is C9H20N2S. The van der Waals surface area contributed by atoms with Crippen molar-refractivity contribution < 1.29 is 0 Å². The van der Waals surface area contributed by atoms with Crippen molar-refractivity contribution in [2.24, 2.45) is 5.73 Å². The molecule has 0 radical (unpaired) electrons. The second-order valence-electron chi connectivity index (χ2n) is 3.63. The lowest BCUT2D eigenvalue weighted by Gasteiger charge is -2.09. The first-order valence-corrected chi connectivity index (χ1v) is 6.01. The standard InChI is InChI=1S/C9H20N2S/c1-8(10)4-6-12-7-9-3-2-5-11-9/h8-9,11H,2-7,10H2,1H3. The summed E-state index contributed by atoms with van der Waals surface area (Å²) in [5, 5.41) is 3.49. The lowest BCUT2D eigenvalue weighted by Crippen LogP contribution is -2.24. The largest absolute Gasteiger partial charge is 0.328 e. The molecule has 0 amide bonds. The Morgan fingerprint density at radius 2 is 2.50 bits per heavy atom. The number of nitrogens with one attached hydrogen (secondary N) is 1. The predicted molar refractivity (Wildman–Crippen MR) is 56.6 cm³/mol. The average molecular weight is 188 g/mol. The van der Waals surface area contributed by atoms with E-state index in [-0.39, 0.29) is 0 Å². The number of hydrogen-bond acceptors (Lipinski definition) is 3. The van der Waals surface area contributed by atoms with Gasteiger partial charge in [-0.05, 0) is 38.5 Å². The minimum absolute atomic E-state index is 0.369. The molecule has 1 aliphatic rings. The Labute approximate surface area is 79.7 Å². The van der Waals surface area contributed by atoms with Gasteiger partial charge in [0.25, 0.3) is 0 Å². The summed E-state index contributed by atoms with van der Waals surface area (Å²) in [6.45, 7) is 3.30. The molecule has 1 fully saturated rings. The Morgan fingerprint density at radius 1 is 1.67 bits per heavy atom. The van der Waals surface area contributed by atoms with Gasteiger partial charge in [0.05, 0.1) is 0 Å². The van der Waals surface area contributed by atoms with Crippen molar-refractivity contribution in [1.29, 1.82) is 0 Å². The Morgan fingerprint density at radius 3 is 3.08 bits per heavy atom. The summed E-state index contributed by atoms with van der Waals surface area (Å²) in [5.74, 6) is 2.49. The van der Waals surface area contributed by atoms with E-state index in [2.05, 4.69) is 12.2 Å². The predicted octanol–water partition coefficient (Wildman–Crippen LogP) is 1.21. The third-order valence-electron chi connectivity index (χ3n) is 2.20. The first-order chi connectivity index (χ1) is 5.79. The van der Waals surface area contributed by atoms with Crippen LogP contribution in [0.5, 0.6) is 0 Å². The topological polar surface area (TPSA) is 38.0 Å². The summed E-state index contributed by atoms with van der Waals surface area (Å²) in [5.41, 5.74) is 5.66. The normalized spacial score (nSPS) is 26.0. The van der Waals surface area contributed by atoms with Gasteiger partial charge in [0.15, 0.2) is 0 Å². The van der Waals surface area contributed by atoms with Gasteiger partial charge in [-0.15, -0.1) is 0 Å². The van der Waals surface area contributed by atoms with Crippen LogP contribution in [0.1, 0.15) is 26.2 Å². The van der Waals surface area contributed by atoms with Crippen LogP contribution in [0.25, 0.3) is 0 Å². The zero-order valence-electron chi connectivity index (χ0n) is 7.88. The quantitative estimate of drug-likeness (QED) is 0.637. The summed E-state index contributed by atoms with van der Waals surface area (Å²) in [7, 11) is 0. The zero-order chi connectivity index (χ0) is 8.81. The van der Waals surface area contributed by atoms with Crippen molar-refractivity contribution in [3.63, 3.8) is 0 Å². The molecule has 3 N–H and O–H groups in total. The molecule has 2 nitrogen and oxygen atoms in total. The molecule has 3 heteroatoms. The molecule has 2 atom stereocenters. The highest BCUT2D eigenvalue weighted by Crippen LogP contribution is 2.12. The van der Waals surface area contributed by atoms with Crippen LogP contribution in [0, 0.1) is 0 Å². The van der Waals surface area contributed by atoms with Gasteiger partial charge in [0.1, 0.15) is 0 Å². The molecule has 1 heterocycles. The van der Waals surface area contributed by atoms with Crippen LogP contribution in [-0.4, -0.2) is 30.1 Å². The van der Waals surface area contributed by atoms with Gasteiger partial charge >= 0.3 is 0 Å². The van der Waals surface area contributed by atoms with E-state index >= 15 is 0 Å². The van der Waals surface area contributed by atoms with Crippen LogP contribution in [0.15, 0.2) is 0 Å². The van der Waals surface area contributed by atoms with Crippen LogP contribution in [0.2, 0.25) is 0 Å². The summed E-state index contributed by atoms with van der Waals surface area (Å²) >= 11 is 2.04. The van der Waals surface area contributed by atoms with Crippen molar-refractivity contribution in [3.05, 3.63) is 0 Å².